The first-order valence-electron chi connectivity index (χ1n) is 7.06. The van der Waals surface area contributed by atoms with Gasteiger partial charge < -0.3 is 15.4 Å². The summed E-state index contributed by atoms with van der Waals surface area (Å²) in [5.41, 5.74) is 0.00960. The van der Waals surface area contributed by atoms with Gasteiger partial charge in [-0.1, -0.05) is 6.92 Å². The molecular formula is C14H24N4O. The Hall–Kier alpha value is -1.36. The van der Waals surface area contributed by atoms with Gasteiger partial charge in [0.25, 0.3) is 0 Å². The molecule has 1 saturated carbocycles. The molecule has 2 N–H and O–H groups in total. The number of methoxy groups -OCH3 is 1. The van der Waals surface area contributed by atoms with Crippen molar-refractivity contribution in [3.63, 3.8) is 0 Å². The highest BCUT2D eigenvalue weighted by Gasteiger charge is 2.36. The van der Waals surface area contributed by atoms with Crippen molar-refractivity contribution in [2.24, 2.45) is 0 Å². The van der Waals surface area contributed by atoms with Gasteiger partial charge in [-0.3, -0.25) is 0 Å². The van der Waals surface area contributed by atoms with Crippen LogP contribution in [0.2, 0.25) is 0 Å². The van der Waals surface area contributed by atoms with Gasteiger partial charge in [0, 0.05) is 33.2 Å². The summed E-state index contributed by atoms with van der Waals surface area (Å²) in [6, 6.07) is 1.95. The van der Waals surface area contributed by atoms with E-state index in [1.165, 1.54) is 6.42 Å². The number of rotatable bonds is 7. The van der Waals surface area contributed by atoms with Gasteiger partial charge in [-0.15, -0.1) is 0 Å². The molecule has 5 nitrogen and oxygen atoms in total. The van der Waals surface area contributed by atoms with Crippen molar-refractivity contribution in [3.8, 4) is 0 Å². The van der Waals surface area contributed by atoms with Crippen LogP contribution >= 0.6 is 0 Å². The van der Waals surface area contributed by atoms with Crippen molar-refractivity contribution < 1.29 is 4.74 Å². The topological polar surface area (TPSA) is 59.1 Å². The maximum absolute atomic E-state index is 5.61. The zero-order chi connectivity index (χ0) is 13.7. The second-order valence-corrected chi connectivity index (χ2v) is 5.15. The fraction of sp³-hybridized carbons (Fsp3) is 0.714. The van der Waals surface area contributed by atoms with Gasteiger partial charge >= 0.3 is 0 Å². The first-order valence-corrected chi connectivity index (χ1v) is 7.06. The van der Waals surface area contributed by atoms with E-state index in [9.17, 15) is 0 Å². The van der Waals surface area contributed by atoms with Crippen LogP contribution in [0, 0.1) is 0 Å². The van der Waals surface area contributed by atoms with Gasteiger partial charge in [-0.05, 0) is 25.7 Å². The Labute approximate surface area is 115 Å². The Morgan fingerprint density at radius 1 is 1.32 bits per heavy atom. The summed E-state index contributed by atoms with van der Waals surface area (Å²) in [6.07, 6.45) is 5.46. The number of hydrogen-bond acceptors (Lipinski definition) is 5. The van der Waals surface area contributed by atoms with E-state index in [-0.39, 0.29) is 5.60 Å². The third kappa shape index (κ3) is 3.35. The van der Waals surface area contributed by atoms with Crippen LogP contribution in [0.25, 0.3) is 0 Å². The molecule has 1 aliphatic rings. The zero-order valence-electron chi connectivity index (χ0n) is 12.1. The van der Waals surface area contributed by atoms with Gasteiger partial charge in [0.2, 0.25) is 0 Å². The predicted molar refractivity (Wildman–Crippen MR) is 77.7 cm³/mol. The lowest BCUT2D eigenvalue weighted by molar-refractivity contribution is -0.0601. The van der Waals surface area contributed by atoms with Crippen molar-refractivity contribution in [1.82, 2.24) is 9.97 Å². The summed E-state index contributed by atoms with van der Waals surface area (Å²) >= 11 is 0. The molecule has 0 bridgehead atoms. The maximum Gasteiger partial charge on any atom is 0.133 e. The smallest absolute Gasteiger partial charge is 0.133 e. The highest BCUT2D eigenvalue weighted by molar-refractivity contribution is 5.47. The van der Waals surface area contributed by atoms with Crippen LogP contribution in [0.4, 0.5) is 11.6 Å². The highest BCUT2D eigenvalue weighted by atomic mass is 16.5. The molecular weight excluding hydrogens is 240 g/mol. The Morgan fingerprint density at radius 2 is 2.05 bits per heavy atom. The molecule has 0 unspecified atom stereocenters. The second-order valence-electron chi connectivity index (χ2n) is 5.15. The van der Waals surface area contributed by atoms with Crippen LogP contribution in [-0.4, -0.2) is 36.3 Å². The van der Waals surface area contributed by atoms with E-state index in [0.717, 1.165) is 49.7 Å². The molecule has 19 heavy (non-hydrogen) atoms. The monoisotopic (exact) mass is 264 g/mol. The van der Waals surface area contributed by atoms with Crippen LogP contribution in [-0.2, 0) is 11.2 Å². The number of anilines is 2. The van der Waals surface area contributed by atoms with Gasteiger partial charge in [0.15, 0.2) is 0 Å². The Bertz CT molecular complexity index is 412. The average Bonchev–Trinajstić information content (AvgIpc) is 2.38. The molecule has 2 rings (SSSR count). The highest BCUT2D eigenvalue weighted by Crippen LogP contribution is 2.35. The quantitative estimate of drug-likeness (QED) is 0.792. The molecule has 5 heteroatoms. The fourth-order valence-electron chi connectivity index (χ4n) is 2.33. The fourth-order valence-corrected chi connectivity index (χ4v) is 2.33. The molecule has 1 aromatic heterocycles. The van der Waals surface area contributed by atoms with Gasteiger partial charge in [-0.2, -0.15) is 0 Å². The largest absolute Gasteiger partial charge is 0.376 e. The van der Waals surface area contributed by atoms with E-state index < -0.39 is 0 Å². The minimum Gasteiger partial charge on any atom is -0.376 e. The lowest BCUT2D eigenvalue weighted by Gasteiger charge is -2.40. The summed E-state index contributed by atoms with van der Waals surface area (Å²) in [6.45, 7) is 2.95. The van der Waals surface area contributed by atoms with Crippen molar-refractivity contribution in [2.45, 2.75) is 44.6 Å². The van der Waals surface area contributed by atoms with Crippen LogP contribution in [0.1, 0.15) is 38.4 Å². The van der Waals surface area contributed by atoms with Crippen LogP contribution in [0.5, 0.6) is 0 Å². The molecule has 0 saturated heterocycles. The number of hydrogen-bond donors (Lipinski definition) is 2. The Balaban J connectivity index is 2.04. The van der Waals surface area contributed by atoms with Crippen molar-refractivity contribution in [1.29, 1.82) is 0 Å². The van der Waals surface area contributed by atoms with Crippen molar-refractivity contribution in [2.75, 3.05) is 31.3 Å². The van der Waals surface area contributed by atoms with E-state index in [0.29, 0.717) is 0 Å². The predicted octanol–water partition coefficient (Wildman–Crippen LogP) is 2.45. The van der Waals surface area contributed by atoms with E-state index in [1.54, 1.807) is 7.11 Å². The van der Waals surface area contributed by atoms with E-state index in [2.05, 4.69) is 27.5 Å². The molecule has 1 aromatic rings. The molecule has 0 atom stereocenters. The number of nitrogens with one attached hydrogen (secondary N) is 2. The summed E-state index contributed by atoms with van der Waals surface area (Å²) in [4.78, 5) is 9.00. The zero-order valence-corrected chi connectivity index (χ0v) is 12.1. The summed E-state index contributed by atoms with van der Waals surface area (Å²) < 4.78 is 5.61. The number of aryl methyl sites for hydroxylation is 1. The Kier molecular flexibility index (Phi) is 4.58. The molecule has 0 aromatic carbocycles. The van der Waals surface area contributed by atoms with Crippen molar-refractivity contribution in [3.05, 3.63) is 11.9 Å². The van der Waals surface area contributed by atoms with Gasteiger partial charge in [0.05, 0.1) is 5.60 Å². The lowest BCUT2D eigenvalue weighted by Crippen LogP contribution is -2.45. The SMILES string of the molecule is CCCc1nc(NC)cc(NCC2(OC)CCC2)n1. The van der Waals surface area contributed by atoms with Crippen LogP contribution in [0.15, 0.2) is 6.07 Å². The molecule has 1 fully saturated rings. The second kappa shape index (κ2) is 6.19. The minimum atomic E-state index is 0.00960. The minimum absolute atomic E-state index is 0.00960. The van der Waals surface area contributed by atoms with Crippen molar-refractivity contribution >= 4 is 11.6 Å². The molecule has 106 valence electrons. The van der Waals surface area contributed by atoms with Crippen LogP contribution < -0.4 is 10.6 Å². The maximum atomic E-state index is 5.61. The van der Waals surface area contributed by atoms with E-state index in [1.807, 2.05) is 13.1 Å². The third-order valence-corrected chi connectivity index (χ3v) is 3.79. The molecule has 1 aliphatic carbocycles. The average molecular weight is 264 g/mol. The summed E-state index contributed by atoms with van der Waals surface area (Å²) in [7, 11) is 3.67. The lowest BCUT2D eigenvalue weighted by atomic mass is 9.80. The molecule has 0 amide bonds. The standard InChI is InChI=1S/C14H24N4O/c1-4-6-11-17-12(15-2)9-13(18-11)16-10-14(19-3)7-5-8-14/h9H,4-8,10H2,1-3H3,(H2,15,16,17,18). The molecule has 1 heterocycles. The van der Waals surface area contributed by atoms with E-state index >= 15 is 0 Å². The van der Waals surface area contributed by atoms with Crippen LogP contribution in [0.3, 0.4) is 0 Å². The number of ether oxygens (including phenoxy) is 1. The third-order valence-electron chi connectivity index (χ3n) is 3.79. The summed E-state index contributed by atoms with van der Waals surface area (Å²) in [5.74, 6) is 2.63. The molecule has 0 radical (unpaired) electrons. The molecule has 0 spiro atoms. The van der Waals surface area contributed by atoms with Gasteiger partial charge in [-0.25, -0.2) is 9.97 Å². The first-order chi connectivity index (χ1) is 9.21. The molecule has 0 aliphatic heterocycles. The normalized spacial score (nSPS) is 16.8. The van der Waals surface area contributed by atoms with Gasteiger partial charge in [0.1, 0.15) is 17.5 Å². The number of nitrogens with zero attached hydrogens (tertiary/aromatic N) is 2. The van der Waals surface area contributed by atoms with E-state index in [4.69, 9.17) is 4.74 Å². The summed E-state index contributed by atoms with van der Waals surface area (Å²) in [5, 5.41) is 6.48. The Morgan fingerprint density at radius 3 is 2.58 bits per heavy atom. The number of aromatic nitrogens is 2. The first kappa shape index (κ1) is 14.1.